The minimum atomic E-state index is -0.197. The summed E-state index contributed by atoms with van der Waals surface area (Å²) in [6, 6.07) is 19.9. The summed E-state index contributed by atoms with van der Waals surface area (Å²) in [6.45, 7) is 2.58. The molecule has 0 unspecified atom stereocenters. The second kappa shape index (κ2) is 7.47. The normalized spacial score (nSPS) is 17.9. The number of furan rings is 1. The molecule has 1 fully saturated rings. The summed E-state index contributed by atoms with van der Waals surface area (Å²) >= 11 is 0. The van der Waals surface area contributed by atoms with Gasteiger partial charge in [-0.15, -0.1) is 0 Å². The molecule has 4 rings (SSSR count). The van der Waals surface area contributed by atoms with Crippen molar-refractivity contribution in [1.82, 2.24) is 4.90 Å². The molecule has 2 atom stereocenters. The molecule has 0 spiro atoms. The first kappa shape index (κ1) is 18.2. The summed E-state index contributed by atoms with van der Waals surface area (Å²) in [5, 5.41) is 0. The molecular weight excluding hydrogens is 350 g/mol. The van der Waals surface area contributed by atoms with E-state index in [-0.39, 0.29) is 11.7 Å². The number of ketones is 1. The fraction of sp³-hybridized carbons (Fsp3) is 0.250. The standard InChI is InChI=1S/C24H23NO3/c1-16-14-21(16)22-13-12-18(28-22)15-25(2)24(27)20-11-7-6-10-19(20)23(26)17-8-4-3-5-9-17/h3-13,16,21H,14-15H2,1-2H3/t16-,21-/m0/s1. The Labute approximate surface area is 164 Å². The lowest BCUT2D eigenvalue weighted by Gasteiger charge is -2.17. The first-order chi connectivity index (χ1) is 13.5. The van der Waals surface area contributed by atoms with Gasteiger partial charge in [0.05, 0.1) is 12.1 Å². The molecule has 0 saturated heterocycles. The van der Waals surface area contributed by atoms with Crippen molar-refractivity contribution in [1.29, 1.82) is 0 Å². The number of hydrogen-bond donors (Lipinski definition) is 0. The maximum Gasteiger partial charge on any atom is 0.254 e. The van der Waals surface area contributed by atoms with E-state index in [2.05, 4.69) is 6.92 Å². The molecule has 4 nitrogen and oxygen atoms in total. The van der Waals surface area contributed by atoms with Crippen molar-refractivity contribution in [3.63, 3.8) is 0 Å². The number of carbonyl (C=O) groups is 2. The maximum atomic E-state index is 13.0. The Kier molecular flexibility index (Phi) is 4.86. The van der Waals surface area contributed by atoms with E-state index in [0.717, 1.165) is 17.9 Å². The van der Waals surface area contributed by atoms with E-state index in [1.54, 1.807) is 48.3 Å². The molecule has 4 heteroatoms. The minimum absolute atomic E-state index is 0.152. The van der Waals surface area contributed by atoms with Gasteiger partial charge in [0.1, 0.15) is 11.5 Å². The molecule has 0 radical (unpaired) electrons. The van der Waals surface area contributed by atoms with Gasteiger partial charge in [0, 0.05) is 24.1 Å². The van der Waals surface area contributed by atoms with Crippen LogP contribution in [0.3, 0.4) is 0 Å². The molecule has 28 heavy (non-hydrogen) atoms. The molecule has 1 heterocycles. The van der Waals surface area contributed by atoms with Gasteiger partial charge < -0.3 is 9.32 Å². The number of hydrogen-bond acceptors (Lipinski definition) is 3. The summed E-state index contributed by atoms with van der Waals surface area (Å²) in [5.41, 5.74) is 1.39. The van der Waals surface area contributed by atoms with E-state index in [1.165, 1.54) is 0 Å². The summed E-state index contributed by atoms with van der Waals surface area (Å²) in [7, 11) is 1.73. The third kappa shape index (κ3) is 3.63. The van der Waals surface area contributed by atoms with Crippen LogP contribution in [0.4, 0.5) is 0 Å². The molecule has 1 aliphatic carbocycles. The molecule has 1 aliphatic rings. The Balaban J connectivity index is 1.53. The minimum Gasteiger partial charge on any atom is -0.464 e. The number of amides is 1. The summed E-state index contributed by atoms with van der Waals surface area (Å²) in [4.78, 5) is 27.5. The van der Waals surface area contributed by atoms with Gasteiger partial charge in [-0.1, -0.05) is 55.5 Å². The highest BCUT2D eigenvalue weighted by Crippen LogP contribution is 2.47. The summed E-state index contributed by atoms with van der Waals surface area (Å²) in [5.74, 6) is 2.60. The van der Waals surface area contributed by atoms with Crippen molar-refractivity contribution < 1.29 is 14.0 Å². The highest BCUT2D eigenvalue weighted by molar-refractivity contribution is 6.15. The second-order valence-electron chi connectivity index (χ2n) is 7.53. The van der Waals surface area contributed by atoms with E-state index >= 15 is 0 Å². The van der Waals surface area contributed by atoms with E-state index in [1.807, 2.05) is 30.3 Å². The molecule has 1 saturated carbocycles. The van der Waals surface area contributed by atoms with Crippen LogP contribution in [0.1, 0.15) is 57.1 Å². The van der Waals surface area contributed by atoms with E-state index in [0.29, 0.717) is 35.1 Å². The van der Waals surface area contributed by atoms with E-state index < -0.39 is 0 Å². The van der Waals surface area contributed by atoms with Crippen molar-refractivity contribution >= 4 is 11.7 Å². The molecule has 1 amide bonds. The van der Waals surface area contributed by atoms with Crippen LogP contribution in [-0.2, 0) is 6.54 Å². The van der Waals surface area contributed by atoms with Crippen molar-refractivity contribution in [2.75, 3.05) is 7.05 Å². The Morgan fingerprint density at radius 3 is 2.29 bits per heavy atom. The van der Waals surface area contributed by atoms with Crippen LogP contribution in [0.5, 0.6) is 0 Å². The third-order valence-corrected chi connectivity index (χ3v) is 5.34. The van der Waals surface area contributed by atoms with Crippen LogP contribution in [0.25, 0.3) is 0 Å². The topological polar surface area (TPSA) is 50.5 Å². The monoisotopic (exact) mass is 373 g/mol. The van der Waals surface area contributed by atoms with Gasteiger partial charge in [0.2, 0.25) is 0 Å². The quantitative estimate of drug-likeness (QED) is 0.577. The zero-order valence-corrected chi connectivity index (χ0v) is 16.1. The molecule has 1 aromatic heterocycles. The average Bonchev–Trinajstić information content (AvgIpc) is 3.28. The van der Waals surface area contributed by atoms with Gasteiger partial charge in [-0.3, -0.25) is 9.59 Å². The maximum absolute atomic E-state index is 13.0. The SMILES string of the molecule is C[C@H]1C[C@@H]1c1ccc(CN(C)C(=O)c2ccccc2C(=O)c2ccccc2)o1. The number of benzene rings is 2. The molecule has 0 bridgehead atoms. The number of nitrogens with zero attached hydrogens (tertiary/aromatic N) is 1. The summed E-state index contributed by atoms with van der Waals surface area (Å²) in [6.07, 6.45) is 1.16. The Bertz CT molecular complexity index is 1010. The van der Waals surface area contributed by atoms with Crippen LogP contribution in [-0.4, -0.2) is 23.6 Å². The van der Waals surface area contributed by atoms with E-state index in [9.17, 15) is 9.59 Å². The van der Waals surface area contributed by atoms with Gasteiger partial charge in [-0.25, -0.2) is 0 Å². The average molecular weight is 373 g/mol. The van der Waals surface area contributed by atoms with Crippen molar-refractivity contribution in [2.24, 2.45) is 5.92 Å². The third-order valence-electron chi connectivity index (χ3n) is 5.34. The zero-order chi connectivity index (χ0) is 19.7. The second-order valence-corrected chi connectivity index (χ2v) is 7.53. The first-order valence-electron chi connectivity index (χ1n) is 9.57. The largest absolute Gasteiger partial charge is 0.464 e. The summed E-state index contributed by atoms with van der Waals surface area (Å²) < 4.78 is 5.92. The first-order valence-corrected chi connectivity index (χ1v) is 9.57. The number of carbonyl (C=O) groups excluding carboxylic acids is 2. The lowest BCUT2D eigenvalue weighted by Crippen LogP contribution is -2.27. The van der Waals surface area contributed by atoms with Gasteiger partial charge in [-0.05, 0) is 30.5 Å². The zero-order valence-electron chi connectivity index (χ0n) is 16.1. The molecule has 0 N–H and O–H groups in total. The van der Waals surface area contributed by atoms with Gasteiger partial charge in [0.25, 0.3) is 5.91 Å². The fourth-order valence-corrected chi connectivity index (χ4v) is 3.52. The van der Waals surface area contributed by atoms with E-state index in [4.69, 9.17) is 4.42 Å². The highest BCUT2D eigenvalue weighted by atomic mass is 16.3. The Morgan fingerprint density at radius 1 is 0.964 bits per heavy atom. The Hall–Kier alpha value is -3.14. The lowest BCUT2D eigenvalue weighted by molar-refractivity contribution is 0.0770. The predicted octanol–water partition coefficient (Wildman–Crippen LogP) is 4.91. The molecule has 142 valence electrons. The van der Waals surface area contributed by atoms with Crippen molar-refractivity contribution in [3.8, 4) is 0 Å². The highest BCUT2D eigenvalue weighted by Gasteiger charge is 2.36. The van der Waals surface area contributed by atoms with Gasteiger partial charge >= 0.3 is 0 Å². The fourth-order valence-electron chi connectivity index (χ4n) is 3.52. The van der Waals surface area contributed by atoms with Crippen molar-refractivity contribution in [2.45, 2.75) is 25.8 Å². The Morgan fingerprint density at radius 2 is 1.61 bits per heavy atom. The molecule has 2 aromatic carbocycles. The van der Waals surface area contributed by atoms with Crippen LogP contribution >= 0.6 is 0 Å². The predicted molar refractivity (Wildman–Crippen MR) is 107 cm³/mol. The van der Waals surface area contributed by atoms with Crippen LogP contribution < -0.4 is 0 Å². The van der Waals surface area contributed by atoms with Crippen LogP contribution in [0.2, 0.25) is 0 Å². The molecule has 3 aromatic rings. The van der Waals surface area contributed by atoms with Crippen LogP contribution in [0.15, 0.2) is 71.1 Å². The van der Waals surface area contributed by atoms with Crippen molar-refractivity contribution in [3.05, 3.63) is 94.9 Å². The van der Waals surface area contributed by atoms with Gasteiger partial charge in [0.15, 0.2) is 5.78 Å². The number of rotatable bonds is 6. The molecule has 0 aliphatic heterocycles. The smallest absolute Gasteiger partial charge is 0.254 e. The van der Waals surface area contributed by atoms with Gasteiger partial charge in [-0.2, -0.15) is 0 Å². The lowest BCUT2D eigenvalue weighted by atomic mass is 9.97. The van der Waals surface area contributed by atoms with Crippen LogP contribution in [0, 0.1) is 5.92 Å². The molecular formula is C24H23NO3.